The molecule has 178 valence electrons. The number of hydrogen-bond donors (Lipinski definition) is 1. The lowest BCUT2D eigenvalue weighted by Crippen LogP contribution is -2.43. The molecule has 0 radical (unpaired) electrons. The van der Waals surface area contributed by atoms with Gasteiger partial charge in [-0.2, -0.15) is 0 Å². The van der Waals surface area contributed by atoms with Gasteiger partial charge in [-0.05, 0) is 64.1 Å². The van der Waals surface area contributed by atoms with Gasteiger partial charge in [-0.1, -0.05) is 72.8 Å². The average Bonchev–Trinajstić information content (AvgIpc) is 3.56. The van der Waals surface area contributed by atoms with Crippen LogP contribution in [0.2, 0.25) is 0 Å². The average molecular weight is 467 g/mol. The molecule has 5 rings (SSSR count). The number of rotatable bonds is 8. The third-order valence-electron chi connectivity index (χ3n) is 6.75. The highest BCUT2D eigenvalue weighted by Crippen LogP contribution is 2.30. The minimum Gasteiger partial charge on any atom is -0.354 e. The maximum absolute atomic E-state index is 13.3. The second-order valence-corrected chi connectivity index (χ2v) is 9.17. The van der Waals surface area contributed by atoms with Crippen LogP contribution in [-0.2, 0) is 17.8 Å². The molecule has 0 saturated carbocycles. The Hall–Kier alpha value is -3.84. The molecule has 35 heavy (non-hydrogen) atoms. The molecule has 0 unspecified atom stereocenters. The summed E-state index contributed by atoms with van der Waals surface area (Å²) < 4.78 is 1.77. The van der Waals surface area contributed by atoms with E-state index in [2.05, 4.69) is 93.3 Å². The number of nitrogens with zero attached hydrogens (tertiary/aromatic N) is 5. The zero-order chi connectivity index (χ0) is 24.0. The lowest BCUT2D eigenvalue weighted by atomic mass is 9.99. The molecule has 1 amide bonds. The molecule has 0 aliphatic carbocycles. The first-order valence-electron chi connectivity index (χ1n) is 12.1. The minimum absolute atomic E-state index is 0.0616. The van der Waals surface area contributed by atoms with Crippen molar-refractivity contribution < 1.29 is 4.79 Å². The summed E-state index contributed by atoms with van der Waals surface area (Å²) in [4.78, 5) is 15.5. The van der Waals surface area contributed by atoms with E-state index in [4.69, 9.17) is 0 Å². The highest BCUT2D eigenvalue weighted by atomic mass is 16.2. The topological polar surface area (TPSA) is 75.9 Å². The molecule has 1 aromatic heterocycles. The molecule has 1 saturated heterocycles. The second-order valence-electron chi connectivity index (χ2n) is 9.17. The molecule has 7 nitrogen and oxygen atoms in total. The normalized spacial score (nSPS) is 18.0. The summed E-state index contributed by atoms with van der Waals surface area (Å²) in [5.41, 5.74) is 6.08. The zero-order valence-corrected chi connectivity index (χ0v) is 19.9. The summed E-state index contributed by atoms with van der Waals surface area (Å²) in [5.74, 6) is 0.0616. The second kappa shape index (κ2) is 10.6. The molecule has 1 aliphatic rings. The highest BCUT2D eigenvalue weighted by Gasteiger charge is 2.38. The molecule has 3 aromatic carbocycles. The first kappa shape index (κ1) is 22.9. The van der Waals surface area contributed by atoms with Gasteiger partial charge in [0.05, 0.1) is 12.1 Å². The quantitative estimate of drug-likeness (QED) is 0.427. The molecule has 0 spiro atoms. The molecule has 2 heterocycles. The van der Waals surface area contributed by atoms with Gasteiger partial charge in [-0.15, -0.1) is 5.10 Å². The number of carbonyl (C=O) groups is 1. The van der Waals surface area contributed by atoms with Gasteiger partial charge >= 0.3 is 0 Å². The van der Waals surface area contributed by atoms with Crippen molar-refractivity contribution in [1.82, 2.24) is 30.4 Å². The number of aromatic nitrogens is 4. The van der Waals surface area contributed by atoms with Crippen molar-refractivity contribution in [3.8, 4) is 11.1 Å². The lowest BCUT2D eigenvalue weighted by molar-refractivity contribution is -0.125. The monoisotopic (exact) mass is 466 g/mol. The van der Waals surface area contributed by atoms with Crippen molar-refractivity contribution in [3.63, 3.8) is 0 Å². The smallest absolute Gasteiger partial charge is 0.237 e. The largest absolute Gasteiger partial charge is 0.354 e. The van der Waals surface area contributed by atoms with E-state index in [0.29, 0.717) is 19.5 Å². The van der Waals surface area contributed by atoms with Gasteiger partial charge in [0.25, 0.3) is 0 Å². The fourth-order valence-corrected chi connectivity index (χ4v) is 4.92. The molecule has 1 fully saturated rings. The first-order valence-corrected chi connectivity index (χ1v) is 12.1. The van der Waals surface area contributed by atoms with Crippen LogP contribution < -0.4 is 5.32 Å². The molecule has 1 N–H and O–H groups in total. The Kier molecular flexibility index (Phi) is 6.95. The Morgan fingerprint density at radius 3 is 2.60 bits per heavy atom. The molecule has 0 bridgehead atoms. The minimum atomic E-state index is -0.234. The molecule has 7 heteroatoms. The van der Waals surface area contributed by atoms with E-state index in [0.717, 1.165) is 13.0 Å². The zero-order valence-electron chi connectivity index (χ0n) is 19.9. The Labute approximate surface area is 205 Å². The predicted molar refractivity (Wildman–Crippen MR) is 135 cm³/mol. The van der Waals surface area contributed by atoms with E-state index >= 15 is 0 Å². The third-order valence-corrected chi connectivity index (χ3v) is 6.75. The van der Waals surface area contributed by atoms with Crippen LogP contribution in [0.15, 0.2) is 85.2 Å². The number of tetrazole rings is 1. The van der Waals surface area contributed by atoms with Gasteiger partial charge in [0.1, 0.15) is 6.33 Å². The summed E-state index contributed by atoms with van der Waals surface area (Å²) in [7, 11) is 0. The van der Waals surface area contributed by atoms with Crippen molar-refractivity contribution in [2.24, 2.45) is 0 Å². The summed E-state index contributed by atoms with van der Waals surface area (Å²) in [5, 5.41) is 14.8. The molecule has 4 aromatic rings. The van der Waals surface area contributed by atoms with E-state index in [1.807, 2.05) is 18.2 Å². The van der Waals surface area contributed by atoms with E-state index in [-0.39, 0.29) is 18.0 Å². The van der Waals surface area contributed by atoms with E-state index in [9.17, 15) is 4.79 Å². The van der Waals surface area contributed by atoms with E-state index in [1.165, 1.54) is 27.8 Å². The summed E-state index contributed by atoms with van der Waals surface area (Å²) >= 11 is 0. The lowest BCUT2D eigenvalue weighted by Gasteiger charge is -2.24. The van der Waals surface area contributed by atoms with Crippen molar-refractivity contribution in [2.45, 2.75) is 38.4 Å². The van der Waals surface area contributed by atoms with Gasteiger partial charge in [0.15, 0.2) is 0 Å². The van der Waals surface area contributed by atoms with Crippen molar-refractivity contribution in [1.29, 1.82) is 0 Å². The van der Waals surface area contributed by atoms with Crippen LogP contribution in [0.4, 0.5) is 0 Å². The van der Waals surface area contributed by atoms with Gasteiger partial charge in [-0.3, -0.25) is 9.69 Å². The maximum atomic E-state index is 13.3. The number of aryl methyl sites for hydroxylation is 1. The molecular weight excluding hydrogens is 436 g/mol. The standard InChI is InChI=1S/C28H30N6O/c1-21-8-5-6-13-26(21)24-12-7-11-23(16-24)18-33-19-25(34-20-30-31-32-34)17-27(33)28(35)29-15-14-22-9-3-2-4-10-22/h2-13,16,20,25,27H,14-15,17-19H2,1H3,(H,29,35)/t25-,27+/m1/s1. The van der Waals surface area contributed by atoms with Gasteiger partial charge in [0, 0.05) is 19.6 Å². The Balaban J connectivity index is 1.31. The van der Waals surface area contributed by atoms with Crippen molar-refractivity contribution in [3.05, 3.63) is 102 Å². The summed E-state index contributed by atoms with van der Waals surface area (Å²) in [6.45, 7) is 4.16. The Morgan fingerprint density at radius 2 is 1.80 bits per heavy atom. The number of hydrogen-bond acceptors (Lipinski definition) is 5. The van der Waals surface area contributed by atoms with Crippen molar-refractivity contribution >= 4 is 5.91 Å². The van der Waals surface area contributed by atoms with Crippen molar-refractivity contribution in [2.75, 3.05) is 13.1 Å². The fraction of sp³-hybridized carbons (Fsp3) is 0.286. The molecule has 2 atom stereocenters. The number of carbonyl (C=O) groups excluding carboxylic acids is 1. The van der Waals surface area contributed by atoms with E-state index in [1.54, 1.807) is 11.0 Å². The Bertz CT molecular complexity index is 1260. The Morgan fingerprint density at radius 1 is 1.00 bits per heavy atom. The number of likely N-dealkylation sites (tertiary alicyclic amines) is 1. The SMILES string of the molecule is Cc1ccccc1-c1cccc(CN2C[C@H](n3cnnn3)C[C@H]2C(=O)NCCc2ccccc2)c1. The van der Waals surface area contributed by atoms with Gasteiger partial charge < -0.3 is 5.32 Å². The predicted octanol–water partition coefficient (Wildman–Crippen LogP) is 3.82. The van der Waals surface area contributed by atoms with E-state index < -0.39 is 0 Å². The van der Waals surface area contributed by atoms with Crippen LogP contribution in [-0.4, -0.2) is 50.1 Å². The van der Waals surface area contributed by atoms with Crippen LogP contribution in [0.25, 0.3) is 11.1 Å². The van der Waals surface area contributed by atoms with Crippen LogP contribution >= 0.6 is 0 Å². The number of amides is 1. The van der Waals surface area contributed by atoms with Gasteiger partial charge in [0.2, 0.25) is 5.91 Å². The number of benzene rings is 3. The summed E-state index contributed by atoms with van der Waals surface area (Å²) in [6.07, 6.45) is 3.13. The number of nitrogens with one attached hydrogen (secondary N) is 1. The first-order chi connectivity index (χ1) is 17.2. The summed E-state index contributed by atoms with van der Waals surface area (Å²) in [6, 6.07) is 27.1. The molecule has 1 aliphatic heterocycles. The van der Waals surface area contributed by atoms with Gasteiger partial charge in [-0.25, -0.2) is 4.68 Å². The maximum Gasteiger partial charge on any atom is 0.237 e. The highest BCUT2D eigenvalue weighted by molar-refractivity contribution is 5.82. The van der Waals surface area contributed by atoms with Crippen LogP contribution in [0.5, 0.6) is 0 Å². The van der Waals surface area contributed by atoms with Crippen LogP contribution in [0.3, 0.4) is 0 Å². The van der Waals surface area contributed by atoms with Crippen LogP contribution in [0.1, 0.15) is 29.2 Å². The third kappa shape index (κ3) is 5.46. The molecular formula is C28H30N6O. The fourth-order valence-electron chi connectivity index (χ4n) is 4.92. The van der Waals surface area contributed by atoms with Crippen LogP contribution in [0, 0.1) is 6.92 Å².